The van der Waals surface area contributed by atoms with Gasteiger partial charge in [-0.15, -0.1) is 0 Å². The normalized spacial score (nSPS) is 23.7. The first-order chi connectivity index (χ1) is 9.19. The van der Waals surface area contributed by atoms with Gasteiger partial charge in [0.25, 0.3) is 0 Å². The fourth-order valence-electron chi connectivity index (χ4n) is 3.51. The Hall–Kier alpha value is -0.940. The van der Waals surface area contributed by atoms with Crippen LogP contribution in [-0.4, -0.2) is 26.8 Å². The third kappa shape index (κ3) is 2.67. The van der Waals surface area contributed by atoms with Gasteiger partial charge in [-0.1, -0.05) is 18.9 Å². The first-order valence-electron chi connectivity index (χ1n) is 7.01. The van der Waals surface area contributed by atoms with Crippen LogP contribution in [0.4, 0.5) is 5.82 Å². The number of hydrogen-bond donors (Lipinski definition) is 1. The third-order valence-electron chi connectivity index (χ3n) is 4.70. The highest BCUT2D eigenvalue weighted by molar-refractivity contribution is 7.79. The van der Waals surface area contributed by atoms with Crippen molar-refractivity contribution in [1.82, 2.24) is 4.98 Å². The van der Waals surface area contributed by atoms with E-state index >= 15 is 0 Å². The number of piperidine rings is 1. The molecule has 2 aliphatic rings. The zero-order valence-corrected chi connectivity index (χ0v) is 11.9. The van der Waals surface area contributed by atoms with Crippen LogP contribution in [0.15, 0.2) is 23.2 Å². The summed E-state index contributed by atoms with van der Waals surface area (Å²) in [5, 5.41) is 0.249. The van der Waals surface area contributed by atoms with E-state index in [1.54, 1.807) is 6.07 Å². The van der Waals surface area contributed by atoms with Gasteiger partial charge in [-0.25, -0.2) is 9.19 Å². The zero-order valence-electron chi connectivity index (χ0n) is 11.0. The van der Waals surface area contributed by atoms with E-state index in [-0.39, 0.29) is 5.03 Å². The van der Waals surface area contributed by atoms with Gasteiger partial charge in [0.2, 0.25) is 11.1 Å². The number of nitrogens with zero attached hydrogens (tertiary/aromatic N) is 2. The Morgan fingerprint density at radius 1 is 1.16 bits per heavy atom. The maximum absolute atomic E-state index is 11.1. The zero-order chi connectivity index (χ0) is 13.3. The van der Waals surface area contributed by atoms with Gasteiger partial charge in [-0.2, -0.15) is 0 Å². The second-order valence-electron chi connectivity index (χ2n) is 5.78. The lowest BCUT2D eigenvalue weighted by atomic mass is 9.77. The molecule has 104 valence electrons. The smallest absolute Gasteiger partial charge is 0.205 e. The van der Waals surface area contributed by atoms with Gasteiger partial charge in [0.1, 0.15) is 5.82 Å². The minimum atomic E-state index is -1.99. The monoisotopic (exact) mass is 280 g/mol. The van der Waals surface area contributed by atoms with Crippen molar-refractivity contribution in [3.8, 4) is 0 Å². The number of aromatic nitrogens is 1. The highest BCUT2D eigenvalue weighted by Crippen LogP contribution is 2.46. The summed E-state index contributed by atoms with van der Waals surface area (Å²) in [7, 11) is 0. The molecule has 1 aromatic rings. The Labute approximate surface area is 116 Å². The topological polar surface area (TPSA) is 53.4 Å². The molecule has 1 unspecified atom stereocenters. The highest BCUT2D eigenvalue weighted by Gasteiger charge is 2.37. The minimum absolute atomic E-state index is 0.249. The van der Waals surface area contributed by atoms with Crippen molar-refractivity contribution in [3.05, 3.63) is 18.2 Å². The molecule has 2 fully saturated rings. The molecule has 0 bridgehead atoms. The number of anilines is 1. The summed E-state index contributed by atoms with van der Waals surface area (Å²) in [6.45, 7) is 2.04. The maximum atomic E-state index is 11.1. The quantitative estimate of drug-likeness (QED) is 0.846. The molecule has 1 spiro atoms. The lowest BCUT2D eigenvalue weighted by Crippen LogP contribution is -2.39. The molecule has 0 radical (unpaired) electrons. The van der Waals surface area contributed by atoms with E-state index < -0.39 is 11.1 Å². The van der Waals surface area contributed by atoms with E-state index in [9.17, 15) is 4.21 Å². The predicted octanol–water partition coefficient (Wildman–Crippen LogP) is 2.82. The van der Waals surface area contributed by atoms with Crippen LogP contribution in [0.25, 0.3) is 0 Å². The fraction of sp³-hybridized carbons (Fsp3) is 0.643. The van der Waals surface area contributed by atoms with Gasteiger partial charge in [0, 0.05) is 13.1 Å². The largest absolute Gasteiger partial charge is 0.357 e. The van der Waals surface area contributed by atoms with Crippen LogP contribution >= 0.6 is 0 Å². The molecule has 0 amide bonds. The first-order valence-corrected chi connectivity index (χ1v) is 8.12. The van der Waals surface area contributed by atoms with E-state index in [4.69, 9.17) is 4.55 Å². The lowest BCUT2D eigenvalue weighted by molar-refractivity contribution is 0.226. The molecule has 19 heavy (non-hydrogen) atoms. The van der Waals surface area contributed by atoms with Gasteiger partial charge in [-0.3, -0.25) is 0 Å². The van der Waals surface area contributed by atoms with Crippen LogP contribution in [-0.2, 0) is 11.1 Å². The molecule has 1 N–H and O–H groups in total. The van der Waals surface area contributed by atoms with Crippen molar-refractivity contribution in [1.29, 1.82) is 0 Å². The van der Waals surface area contributed by atoms with Crippen LogP contribution in [0, 0.1) is 5.41 Å². The number of hydrogen-bond acceptors (Lipinski definition) is 3. The summed E-state index contributed by atoms with van der Waals surface area (Å²) in [5.41, 5.74) is 0.591. The summed E-state index contributed by atoms with van der Waals surface area (Å²) in [4.78, 5) is 6.54. The lowest BCUT2D eigenvalue weighted by Gasteiger charge is -2.40. The van der Waals surface area contributed by atoms with Gasteiger partial charge in [0.05, 0.1) is 0 Å². The molecule has 0 aromatic carbocycles. The van der Waals surface area contributed by atoms with Crippen molar-refractivity contribution in [2.75, 3.05) is 18.0 Å². The number of rotatable bonds is 2. The standard InChI is InChI=1S/C14H20N2O2S/c17-19(18)13-5-3-4-12(15-13)16-10-8-14(9-11-16)6-1-2-7-14/h3-5H,1-2,6-11H2,(H,17,18). The van der Waals surface area contributed by atoms with E-state index in [2.05, 4.69) is 9.88 Å². The summed E-state index contributed by atoms with van der Waals surface area (Å²) in [5.74, 6) is 0.841. The molecule has 4 nitrogen and oxygen atoms in total. The van der Waals surface area contributed by atoms with Crippen LogP contribution < -0.4 is 4.90 Å². The Morgan fingerprint density at radius 2 is 1.84 bits per heavy atom. The summed E-state index contributed by atoms with van der Waals surface area (Å²) in [6.07, 6.45) is 8.01. The maximum Gasteiger partial charge on any atom is 0.205 e. The van der Waals surface area contributed by atoms with Crippen molar-refractivity contribution in [3.63, 3.8) is 0 Å². The molecule has 1 aliphatic heterocycles. The SMILES string of the molecule is O=S(O)c1cccc(N2CCC3(CCCC3)CC2)n1. The molecule has 3 rings (SSSR count). The number of pyridine rings is 1. The Kier molecular flexibility index (Phi) is 3.58. The van der Waals surface area contributed by atoms with Gasteiger partial charge >= 0.3 is 0 Å². The molecule has 2 heterocycles. The molecule has 1 saturated carbocycles. The van der Waals surface area contributed by atoms with E-state index in [1.165, 1.54) is 38.5 Å². The minimum Gasteiger partial charge on any atom is -0.357 e. The Balaban J connectivity index is 1.71. The van der Waals surface area contributed by atoms with Crippen molar-refractivity contribution in [2.24, 2.45) is 5.41 Å². The molecule has 1 aliphatic carbocycles. The second-order valence-corrected chi connectivity index (χ2v) is 6.69. The van der Waals surface area contributed by atoms with Crippen LogP contribution in [0.2, 0.25) is 0 Å². The molecular weight excluding hydrogens is 260 g/mol. The van der Waals surface area contributed by atoms with Crippen LogP contribution in [0.3, 0.4) is 0 Å². The predicted molar refractivity (Wildman–Crippen MR) is 75.6 cm³/mol. The molecule has 5 heteroatoms. The van der Waals surface area contributed by atoms with E-state index in [0.29, 0.717) is 5.41 Å². The van der Waals surface area contributed by atoms with E-state index in [0.717, 1.165) is 18.9 Å². The van der Waals surface area contributed by atoms with Gasteiger partial charge in [-0.05, 0) is 43.2 Å². The van der Waals surface area contributed by atoms with Crippen molar-refractivity contribution in [2.45, 2.75) is 43.6 Å². The van der Waals surface area contributed by atoms with E-state index in [1.807, 2.05) is 12.1 Å². The molecular formula is C14H20N2O2S. The average Bonchev–Trinajstić information content (AvgIpc) is 2.88. The summed E-state index contributed by atoms with van der Waals surface area (Å²) < 4.78 is 20.2. The van der Waals surface area contributed by atoms with Crippen LogP contribution in [0.5, 0.6) is 0 Å². The Bertz CT molecular complexity index is 476. The Morgan fingerprint density at radius 3 is 2.47 bits per heavy atom. The van der Waals surface area contributed by atoms with Crippen LogP contribution in [0.1, 0.15) is 38.5 Å². The summed E-state index contributed by atoms with van der Waals surface area (Å²) >= 11 is -1.99. The third-order valence-corrected chi connectivity index (χ3v) is 5.29. The van der Waals surface area contributed by atoms with Crippen molar-refractivity contribution >= 4 is 16.9 Å². The highest BCUT2D eigenvalue weighted by atomic mass is 32.2. The summed E-state index contributed by atoms with van der Waals surface area (Å²) in [6, 6.07) is 5.34. The van der Waals surface area contributed by atoms with Crippen molar-refractivity contribution < 1.29 is 8.76 Å². The fourth-order valence-corrected chi connectivity index (χ4v) is 3.88. The van der Waals surface area contributed by atoms with Gasteiger partial charge in [0.15, 0.2) is 5.03 Å². The first kappa shape index (κ1) is 13.1. The molecule has 1 aromatic heterocycles. The average molecular weight is 280 g/mol. The van der Waals surface area contributed by atoms with Gasteiger partial charge < -0.3 is 9.45 Å². The second kappa shape index (κ2) is 5.21. The molecule has 1 atom stereocenters. The molecule has 1 saturated heterocycles.